The van der Waals surface area contributed by atoms with E-state index in [2.05, 4.69) is 113 Å². The normalized spacial score (nSPS) is 14.3. The minimum Gasteiger partial charge on any atom is -0.300 e. The number of aryl methyl sites for hydroxylation is 8. The quantitative estimate of drug-likeness (QED) is 0.380. The monoisotopic (exact) mass is 434 g/mol. The van der Waals surface area contributed by atoms with Gasteiger partial charge in [-0.1, -0.05) is 42.6 Å². The molecule has 2 aromatic carbocycles. The molecule has 0 atom stereocenters. The molecule has 0 spiro atoms. The van der Waals surface area contributed by atoms with Crippen molar-refractivity contribution in [2.24, 2.45) is 0 Å². The summed E-state index contributed by atoms with van der Waals surface area (Å²) in [5.41, 5.74) is 13.7. The van der Waals surface area contributed by atoms with E-state index in [1.165, 1.54) is 55.9 Å². The van der Waals surface area contributed by atoms with Crippen molar-refractivity contribution in [3.8, 4) is 0 Å². The molecule has 4 rings (SSSR count). The van der Waals surface area contributed by atoms with Crippen LogP contribution in [0.4, 0.5) is 11.4 Å². The van der Waals surface area contributed by atoms with E-state index in [0.717, 1.165) is 0 Å². The van der Waals surface area contributed by atoms with Gasteiger partial charge in [-0.3, -0.25) is 0 Å². The maximum absolute atomic E-state index is 2.59. The molecule has 0 N–H and O–H groups in total. The molecular weight excluding hydrogens is 402 g/mol. The van der Waals surface area contributed by atoms with Crippen molar-refractivity contribution in [1.82, 2.24) is 0 Å². The lowest BCUT2D eigenvalue weighted by Gasteiger charge is -2.35. The van der Waals surface area contributed by atoms with Gasteiger partial charge < -0.3 is 9.34 Å². The van der Waals surface area contributed by atoms with Crippen molar-refractivity contribution in [1.29, 1.82) is 0 Å². The van der Waals surface area contributed by atoms with E-state index in [-0.39, 0.29) is 7.22 Å². The topological polar surface area (TPSA) is 6.48 Å². The average molecular weight is 435 g/mol. The van der Waals surface area contributed by atoms with Crippen LogP contribution in [0.1, 0.15) is 44.5 Å². The van der Waals surface area contributed by atoms with Crippen LogP contribution in [0.5, 0.6) is 0 Å². The fourth-order valence-corrected chi connectivity index (χ4v) is 12.1. The Balaban J connectivity index is 1.91. The van der Waals surface area contributed by atoms with E-state index in [1.807, 2.05) is 0 Å². The Labute approximate surface area is 184 Å². The first-order valence-corrected chi connectivity index (χ1v) is 14.0. The predicted octanol–water partition coefficient (Wildman–Crippen LogP) is 8.71. The first-order valence-electron chi connectivity index (χ1n) is 10.6. The molecule has 3 aromatic rings. The highest BCUT2D eigenvalue weighted by molar-refractivity contribution is 8.27. The maximum Gasteiger partial charge on any atom is 0.155 e. The van der Waals surface area contributed by atoms with Gasteiger partial charge in [-0.2, -0.15) is 0 Å². The molecule has 0 aliphatic carbocycles. The summed E-state index contributed by atoms with van der Waals surface area (Å²) in [6.07, 6.45) is 4.64. The van der Waals surface area contributed by atoms with Crippen molar-refractivity contribution in [3.05, 3.63) is 92.8 Å². The van der Waals surface area contributed by atoms with Crippen LogP contribution in [-0.4, -0.2) is 0 Å². The molecule has 156 valence electrons. The van der Waals surface area contributed by atoms with Crippen molar-refractivity contribution in [2.75, 3.05) is 9.34 Å². The van der Waals surface area contributed by atoms with Crippen LogP contribution in [0.15, 0.2) is 48.3 Å². The first-order chi connectivity index (χ1) is 14.2. The van der Waals surface area contributed by atoms with Crippen molar-refractivity contribution in [2.45, 2.75) is 55.4 Å². The van der Waals surface area contributed by atoms with Gasteiger partial charge in [-0.05, 0) is 100 Å². The van der Waals surface area contributed by atoms with E-state index < -0.39 is 7.91 Å². The zero-order valence-electron chi connectivity index (χ0n) is 19.4. The van der Waals surface area contributed by atoms with Crippen LogP contribution >= 0.6 is 15.1 Å². The summed E-state index contributed by atoms with van der Waals surface area (Å²) in [4.78, 5) is 0. The minimum atomic E-state index is -0.595. The third kappa shape index (κ3) is 3.62. The van der Waals surface area contributed by atoms with Crippen molar-refractivity contribution in [3.63, 3.8) is 0 Å². The molecule has 30 heavy (non-hydrogen) atoms. The van der Waals surface area contributed by atoms with Gasteiger partial charge in [0.1, 0.15) is 0 Å². The SMILES string of the molecule is Cc1cc(C)c(N2C=CN(c3c(C)cc(C)cc3C)P2p2cc(C)c(C)c2)c(C)c1. The predicted molar refractivity (Wildman–Crippen MR) is 136 cm³/mol. The zero-order valence-corrected chi connectivity index (χ0v) is 21.2. The molecular formula is C26H32N2P2. The smallest absolute Gasteiger partial charge is 0.155 e. The molecule has 0 saturated heterocycles. The van der Waals surface area contributed by atoms with E-state index in [4.69, 9.17) is 0 Å². The molecule has 0 saturated carbocycles. The third-order valence-electron chi connectivity index (χ3n) is 5.94. The molecule has 0 fully saturated rings. The van der Waals surface area contributed by atoms with E-state index in [1.54, 1.807) is 0 Å². The largest absolute Gasteiger partial charge is 0.300 e. The number of benzene rings is 2. The molecule has 4 heteroatoms. The van der Waals surface area contributed by atoms with Gasteiger partial charge in [-0.15, -0.1) is 0 Å². The summed E-state index contributed by atoms with van der Waals surface area (Å²) in [6, 6.07) is 9.27. The Kier molecular flexibility index (Phi) is 5.60. The van der Waals surface area contributed by atoms with Crippen LogP contribution in [0.2, 0.25) is 0 Å². The Morgan fingerprint density at radius 2 is 0.833 bits per heavy atom. The Morgan fingerprint density at radius 3 is 1.17 bits per heavy atom. The van der Waals surface area contributed by atoms with E-state index in [9.17, 15) is 0 Å². The number of anilines is 2. The van der Waals surface area contributed by atoms with Gasteiger partial charge in [0.05, 0.1) is 11.4 Å². The molecule has 0 radical (unpaired) electrons. The van der Waals surface area contributed by atoms with Crippen molar-refractivity contribution < 1.29 is 0 Å². The lowest BCUT2D eigenvalue weighted by molar-refractivity contribution is 1.27. The van der Waals surface area contributed by atoms with Gasteiger partial charge in [0, 0.05) is 12.4 Å². The van der Waals surface area contributed by atoms with E-state index >= 15 is 0 Å². The first kappa shape index (κ1) is 21.2. The summed E-state index contributed by atoms with van der Waals surface area (Å²) >= 11 is 0. The van der Waals surface area contributed by atoms with Crippen LogP contribution in [0, 0.1) is 55.4 Å². The van der Waals surface area contributed by atoms with Gasteiger partial charge in [0.15, 0.2) is 7.91 Å². The summed E-state index contributed by atoms with van der Waals surface area (Å²) in [5.74, 6) is 5.06. The molecule has 2 nitrogen and oxygen atoms in total. The zero-order chi connectivity index (χ0) is 21.7. The summed E-state index contributed by atoms with van der Waals surface area (Å²) < 4.78 is 5.17. The third-order valence-corrected chi connectivity index (χ3v) is 12.2. The summed E-state index contributed by atoms with van der Waals surface area (Å²) in [6.45, 7) is 17.9. The fourth-order valence-electron chi connectivity index (χ4n) is 4.71. The molecule has 0 bridgehead atoms. The molecule has 0 unspecified atom stereocenters. The fraction of sp³-hybridized carbons (Fsp3) is 0.308. The molecule has 0 amide bonds. The Bertz CT molecular complexity index is 1020. The average Bonchev–Trinajstić information content (AvgIpc) is 3.17. The second-order valence-electron chi connectivity index (χ2n) is 8.75. The van der Waals surface area contributed by atoms with Gasteiger partial charge in [-0.25, -0.2) is 0 Å². The van der Waals surface area contributed by atoms with Crippen LogP contribution in [0.25, 0.3) is 0 Å². The highest BCUT2D eigenvalue weighted by Crippen LogP contribution is 2.72. The molecule has 2 heterocycles. The number of nitrogens with zero attached hydrogens (tertiary/aromatic N) is 2. The van der Waals surface area contributed by atoms with Crippen LogP contribution < -0.4 is 9.34 Å². The molecule has 1 aliphatic rings. The highest BCUT2D eigenvalue weighted by Gasteiger charge is 2.34. The summed E-state index contributed by atoms with van der Waals surface area (Å²) in [7, 11) is -0.981. The Morgan fingerprint density at radius 1 is 0.500 bits per heavy atom. The standard InChI is InChI=1S/C26H32N2P2/c1-17-11-19(3)25(20(4)12-17)27-9-10-28(26-21(5)13-18(2)14-22(26)6)30(27)29-15-23(7)24(8)16-29/h9-16H,1-8H3. The number of rotatable bonds is 3. The minimum absolute atomic E-state index is 0.386. The van der Waals surface area contributed by atoms with Crippen molar-refractivity contribution >= 4 is 26.5 Å². The number of hydrogen-bond donors (Lipinski definition) is 0. The maximum atomic E-state index is 2.59. The van der Waals surface area contributed by atoms with E-state index in [0.29, 0.717) is 0 Å². The second-order valence-corrected chi connectivity index (χ2v) is 13.9. The number of hydrogen-bond acceptors (Lipinski definition) is 2. The van der Waals surface area contributed by atoms with Crippen LogP contribution in [-0.2, 0) is 0 Å². The van der Waals surface area contributed by atoms with Gasteiger partial charge >= 0.3 is 0 Å². The highest BCUT2D eigenvalue weighted by atomic mass is 32.1. The lowest BCUT2D eigenvalue weighted by atomic mass is 10.1. The van der Waals surface area contributed by atoms with Crippen LogP contribution in [0.3, 0.4) is 0 Å². The molecule has 1 aromatic heterocycles. The van der Waals surface area contributed by atoms with Gasteiger partial charge in [0.2, 0.25) is 0 Å². The Hall–Kier alpha value is -2.01. The van der Waals surface area contributed by atoms with Gasteiger partial charge in [0.25, 0.3) is 0 Å². The summed E-state index contributed by atoms with van der Waals surface area (Å²) in [5, 5.41) is 0. The molecule has 1 aliphatic heterocycles. The lowest BCUT2D eigenvalue weighted by Crippen LogP contribution is -2.15. The second kappa shape index (κ2) is 7.92.